The summed E-state index contributed by atoms with van der Waals surface area (Å²) in [5, 5.41) is 4.84. The number of nitrogens with one attached hydrogen (secondary N) is 3. The van der Waals surface area contributed by atoms with Gasteiger partial charge in [0, 0.05) is 25.1 Å². The maximum atomic E-state index is 13.5. The van der Waals surface area contributed by atoms with Crippen LogP contribution in [0.15, 0.2) is 42.5 Å². The first-order valence-corrected chi connectivity index (χ1v) is 10.6. The molecule has 7 nitrogen and oxygen atoms in total. The molecule has 1 heterocycles. The van der Waals surface area contributed by atoms with Crippen LogP contribution >= 0.6 is 0 Å². The van der Waals surface area contributed by atoms with Gasteiger partial charge in [0.15, 0.2) is 0 Å². The number of imidazole rings is 1. The standard InChI is InChI=1S/C23H22F4N4O3/c1-34-11-19(22(33)28-13-6-7-16(24)15(10-13)23(25,26)27)29-20(32)9-12-8-14(12)21-30-17-4-2-3-5-18(17)31-21/h2-7,10,12,14,19H,8-9,11H2,1H3,(H,28,33)(H,29,32)(H,30,31)/t12-,14-,19-/m0/s1. The number of aromatic amines is 1. The number of para-hydroxylation sites is 2. The first-order chi connectivity index (χ1) is 16.2. The first-order valence-electron chi connectivity index (χ1n) is 10.6. The van der Waals surface area contributed by atoms with Gasteiger partial charge in [0.05, 0.1) is 23.2 Å². The fourth-order valence-corrected chi connectivity index (χ4v) is 3.85. The Balaban J connectivity index is 1.35. The minimum absolute atomic E-state index is 0.0539. The number of ether oxygens (including phenoxy) is 1. The smallest absolute Gasteiger partial charge is 0.382 e. The van der Waals surface area contributed by atoms with Crippen molar-refractivity contribution >= 4 is 28.5 Å². The third-order valence-electron chi connectivity index (χ3n) is 5.65. The lowest BCUT2D eigenvalue weighted by atomic mass is 10.1. The number of carbonyl (C=O) groups excluding carboxylic acids is 2. The molecule has 0 saturated heterocycles. The van der Waals surface area contributed by atoms with E-state index in [1.165, 1.54) is 7.11 Å². The Labute approximate surface area is 191 Å². The van der Waals surface area contributed by atoms with E-state index in [1.54, 1.807) is 0 Å². The molecule has 0 spiro atoms. The molecule has 0 aliphatic heterocycles. The van der Waals surface area contributed by atoms with Gasteiger partial charge in [-0.3, -0.25) is 9.59 Å². The molecule has 0 bridgehead atoms. The van der Waals surface area contributed by atoms with E-state index in [0.29, 0.717) is 12.1 Å². The van der Waals surface area contributed by atoms with E-state index < -0.39 is 35.4 Å². The zero-order valence-corrected chi connectivity index (χ0v) is 18.1. The molecule has 2 amide bonds. The molecule has 3 atom stereocenters. The minimum atomic E-state index is -4.91. The molecule has 180 valence electrons. The number of hydrogen-bond acceptors (Lipinski definition) is 4. The van der Waals surface area contributed by atoms with Gasteiger partial charge in [0.1, 0.15) is 17.7 Å². The summed E-state index contributed by atoms with van der Waals surface area (Å²) in [5.74, 6) is -1.65. The summed E-state index contributed by atoms with van der Waals surface area (Å²) < 4.78 is 57.2. The van der Waals surface area contributed by atoms with Crippen LogP contribution in [0.1, 0.15) is 30.1 Å². The average molecular weight is 478 g/mol. The van der Waals surface area contributed by atoms with Crippen molar-refractivity contribution in [2.24, 2.45) is 5.92 Å². The number of nitrogens with zero attached hydrogens (tertiary/aromatic N) is 1. The molecule has 1 fully saturated rings. The van der Waals surface area contributed by atoms with Gasteiger partial charge in [0.2, 0.25) is 11.8 Å². The van der Waals surface area contributed by atoms with Crippen LogP contribution in [-0.4, -0.2) is 41.5 Å². The van der Waals surface area contributed by atoms with Crippen molar-refractivity contribution in [1.29, 1.82) is 0 Å². The van der Waals surface area contributed by atoms with Crippen LogP contribution in [0.5, 0.6) is 0 Å². The van der Waals surface area contributed by atoms with Crippen molar-refractivity contribution in [3.05, 3.63) is 59.7 Å². The number of fused-ring (bicyclic) bond motifs is 1. The highest BCUT2D eigenvalue weighted by molar-refractivity contribution is 5.97. The molecule has 0 unspecified atom stereocenters. The second kappa shape index (κ2) is 9.41. The van der Waals surface area contributed by atoms with Crippen molar-refractivity contribution in [2.75, 3.05) is 19.0 Å². The number of benzene rings is 2. The lowest BCUT2D eigenvalue weighted by Crippen LogP contribution is -2.46. The van der Waals surface area contributed by atoms with Crippen LogP contribution in [-0.2, 0) is 20.5 Å². The van der Waals surface area contributed by atoms with Gasteiger partial charge >= 0.3 is 6.18 Å². The summed E-state index contributed by atoms with van der Waals surface area (Å²) in [6.45, 7) is -0.192. The number of anilines is 1. The molecule has 11 heteroatoms. The average Bonchev–Trinajstić information content (AvgIpc) is 3.39. The Morgan fingerprint density at radius 2 is 2.00 bits per heavy atom. The number of carbonyl (C=O) groups is 2. The highest BCUT2D eigenvalue weighted by Crippen LogP contribution is 2.48. The zero-order valence-electron chi connectivity index (χ0n) is 18.1. The number of aromatic nitrogens is 2. The second-order valence-corrected chi connectivity index (χ2v) is 8.20. The molecule has 3 aromatic rings. The monoisotopic (exact) mass is 478 g/mol. The third kappa shape index (κ3) is 5.36. The van der Waals surface area contributed by atoms with Crippen LogP contribution in [0.2, 0.25) is 0 Å². The highest BCUT2D eigenvalue weighted by atomic mass is 19.4. The van der Waals surface area contributed by atoms with E-state index in [0.717, 1.165) is 29.3 Å². The van der Waals surface area contributed by atoms with Crippen molar-refractivity contribution < 1.29 is 31.9 Å². The Bertz CT molecular complexity index is 1180. The molecule has 0 radical (unpaired) electrons. The van der Waals surface area contributed by atoms with Crippen molar-refractivity contribution in [3.63, 3.8) is 0 Å². The Morgan fingerprint density at radius 3 is 2.71 bits per heavy atom. The van der Waals surface area contributed by atoms with E-state index in [1.807, 2.05) is 24.3 Å². The largest absolute Gasteiger partial charge is 0.419 e. The SMILES string of the molecule is COC[C@H](NC(=O)C[C@@H]1C[C@@H]1c1nc2ccccc2[nH]1)C(=O)Nc1ccc(F)c(C(F)(F)F)c1. The predicted molar refractivity (Wildman–Crippen MR) is 115 cm³/mol. The number of rotatable bonds is 8. The van der Waals surface area contributed by atoms with Gasteiger partial charge in [-0.1, -0.05) is 12.1 Å². The highest BCUT2D eigenvalue weighted by Gasteiger charge is 2.42. The van der Waals surface area contributed by atoms with Crippen molar-refractivity contribution in [3.8, 4) is 0 Å². The quantitative estimate of drug-likeness (QED) is 0.427. The lowest BCUT2D eigenvalue weighted by Gasteiger charge is -2.18. The van der Waals surface area contributed by atoms with Crippen LogP contribution in [0, 0.1) is 11.7 Å². The fourth-order valence-electron chi connectivity index (χ4n) is 3.85. The van der Waals surface area contributed by atoms with E-state index in [-0.39, 0.29) is 30.6 Å². The van der Waals surface area contributed by atoms with Crippen LogP contribution in [0.25, 0.3) is 11.0 Å². The molecule has 2 aromatic carbocycles. The minimum Gasteiger partial charge on any atom is -0.382 e. The normalized spacial score (nSPS) is 18.5. The fraction of sp³-hybridized carbons (Fsp3) is 0.348. The number of alkyl halides is 3. The number of H-pyrrole nitrogens is 1. The number of amides is 2. The Hall–Kier alpha value is -3.47. The topological polar surface area (TPSA) is 96.1 Å². The second-order valence-electron chi connectivity index (χ2n) is 8.20. The van der Waals surface area contributed by atoms with E-state index >= 15 is 0 Å². The maximum absolute atomic E-state index is 13.5. The number of hydrogen-bond donors (Lipinski definition) is 3. The van der Waals surface area contributed by atoms with Gasteiger partial charge in [-0.15, -0.1) is 0 Å². The van der Waals surface area contributed by atoms with Gasteiger partial charge in [-0.2, -0.15) is 13.2 Å². The van der Waals surface area contributed by atoms with Gasteiger partial charge in [-0.25, -0.2) is 9.37 Å². The van der Waals surface area contributed by atoms with Crippen molar-refractivity contribution in [2.45, 2.75) is 31.0 Å². The third-order valence-corrected chi connectivity index (χ3v) is 5.65. The molecular formula is C23H22F4N4O3. The summed E-state index contributed by atoms with van der Waals surface area (Å²) in [6, 6.07) is 8.60. The van der Waals surface area contributed by atoms with E-state index in [4.69, 9.17) is 4.74 Å². The van der Waals surface area contributed by atoms with Crippen LogP contribution in [0.3, 0.4) is 0 Å². The lowest BCUT2D eigenvalue weighted by molar-refractivity contribution is -0.140. The van der Waals surface area contributed by atoms with Gasteiger partial charge in [0.25, 0.3) is 0 Å². The van der Waals surface area contributed by atoms with Crippen LogP contribution in [0.4, 0.5) is 23.2 Å². The number of halogens is 4. The molecule has 1 aliphatic carbocycles. The van der Waals surface area contributed by atoms with E-state index in [2.05, 4.69) is 20.6 Å². The number of methoxy groups -OCH3 is 1. The summed E-state index contributed by atoms with van der Waals surface area (Å²) in [7, 11) is 1.32. The van der Waals surface area contributed by atoms with Gasteiger partial charge in [-0.05, 0) is 42.7 Å². The predicted octanol–water partition coefficient (Wildman–Crippen LogP) is 3.98. The van der Waals surface area contributed by atoms with Gasteiger partial charge < -0.3 is 20.4 Å². The summed E-state index contributed by atoms with van der Waals surface area (Å²) in [5.41, 5.74) is 0.0158. The molecule has 1 aromatic heterocycles. The van der Waals surface area contributed by atoms with Crippen molar-refractivity contribution in [1.82, 2.24) is 15.3 Å². The van der Waals surface area contributed by atoms with Crippen LogP contribution < -0.4 is 10.6 Å². The Kier molecular flexibility index (Phi) is 6.56. The molecule has 3 N–H and O–H groups in total. The molecule has 34 heavy (non-hydrogen) atoms. The summed E-state index contributed by atoms with van der Waals surface area (Å²) in [6.07, 6.45) is -3.99. The molecule has 1 saturated carbocycles. The summed E-state index contributed by atoms with van der Waals surface area (Å²) >= 11 is 0. The maximum Gasteiger partial charge on any atom is 0.419 e. The first kappa shape index (κ1) is 23.7. The summed E-state index contributed by atoms with van der Waals surface area (Å²) in [4.78, 5) is 32.9. The molecule has 1 aliphatic rings. The zero-order chi connectivity index (χ0) is 24.5. The molecule has 4 rings (SSSR count). The van der Waals surface area contributed by atoms with E-state index in [9.17, 15) is 27.2 Å². The Morgan fingerprint density at radius 1 is 1.24 bits per heavy atom. The molecular weight excluding hydrogens is 456 g/mol.